The van der Waals surface area contributed by atoms with Crippen molar-refractivity contribution in [3.63, 3.8) is 0 Å². The Kier molecular flexibility index (Phi) is 56.4. The fourth-order valence-corrected chi connectivity index (χ4v) is 8.02. The second-order valence-electron chi connectivity index (χ2n) is 19.5. The van der Waals surface area contributed by atoms with Crippen LogP contribution in [-0.4, -0.2) is 37.2 Å². The van der Waals surface area contributed by atoms with Crippen molar-refractivity contribution in [3.05, 3.63) is 109 Å². The number of unbranched alkanes of at least 4 members (excludes halogenated alkanes) is 24. The topological polar surface area (TPSA) is 78.9 Å². The Morgan fingerprint density at radius 2 is 0.569 bits per heavy atom. The van der Waals surface area contributed by atoms with Crippen molar-refractivity contribution in [1.29, 1.82) is 0 Å². The summed E-state index contributed by atoms with van der Waals surface area (Å²) in [5.41, 5.74) is 0. The van der Waals surface area contributed by atoms with E-state index in [-0.39, 0.29) is 37.5 Å². The zero-order valence-corrected chi connectivity index (χ0v) is 46.9. The highest BCUT2D eigenvalue weighted by atomic mass is 16.6. The van der Waals surface area contributed by atoms with Crippen LogP contribution in [0.1, 0.15) is 271 Å². The van der Waals surface area contributed by atoms with E-state index in [1.807, 2.05) is 6.08 Å². The van der Waals surface area contributed by atoms with Crippen LogP contribution >= 0.6 is 0 Å². The largest absolute Gasteiger partial charge is 0.462 e. The van der Waals surface area contributed by atoms with E-state index in [4.69, 9.17) is 14.2 Å². The zero-order chi connectivity index (χ0) is 52.2. The average molecular weight is 1000 g/mol. The first-order valence-electron chi connectivity index (χ1n) is 29.9. The number of esters is 3. The molecule has 0 amide bonds. The van der Waals surface area contributed by atoms with Gasteiger partial charge in [0.05, 0.1) is 0 Å². The molecule has 72 heavy (non-hydrogen) atoms. The second kappa shape index (κ2) is 59.6. The molecule has 0 spiro atoms. The average Bonchev–Trinajstić information content (AvgIpc) is 3.38. The van der Waals surface area contributed by atoms with E-state index < -0.39 is 6.10 Å². The maximum absolute atomic E-state index is 12.9. The Morgan fingerprint density at radius 3 is 0.958 bits per heavy atom. The molecule has 0 fully saturated rings. The van der Waals surface area contributed by atoms with Crippen LogP contribution in [-0.2, 0) is 28.6 Å². The summed E-state index contributed by atoms with van der Waals surface area (Å²) in [6.45, 7) is 6.44. The minimum atomic E-state index is -0.818. The number of carbonyl (C=O) groups is 3. The number of hydrogen-bond acceptors (Lipinski definition) is 6. The van der Waals surface area contributed by atoms with E-state index in [1.54, 1.807) is 0 Å². The molecule has 0 aromatic rings. The van der Waals surface area contributed by atoms with Gasteiger partial charge in [-0.15, -0.1) is 0 Å². The van der Waals surface area contributed by atoms with Gasteiger partial charge in [0.15, 0.2) is 6.10 Å². The maximum atomic E-state index is 12.9. The molecular formula is C66H110O6. The molecule has 0 saturated heterocycles. The lowest BCUT2D eigenvalue weighted by atomic mass is 10.1. The highest BCUT2D eigenvalue weighted by Crippen LogP contribution is 2.15. The summed E-state index contributed by atoms with van der Waals surface area (Å²) in [5, 5.41) is 0. The zero-order valence-electron chi connectivity index (χ0n) is 46.9. The Balaban J connectivity index is 4.52. The third-order valence-corrected chi connectivity index (χ3v) is 12.5. The third-order valence-electron chi connectivity index (χ3n) is 12.5. The number of carbonyl (C=O) groups excluding carboxylic acids is 3. The van der Waals surface area contributed by atoms with Gasteiger partial charge in [-0.25, -0.2) is 0 Å². The predicted molar refractivity (Wildman–Crippen MR) is 311 cm³/mol. The summed E-state index contributed by atoms with van der Waals surface area (Å²) in [6, 6.07) is 0. The normalized spacial score (nSPS) is 12.9. The number of ether oxygens (including phenoxy) is 3. The van der Waals surface area contributed by atoms with Crippen LogP contribution in [0.3, 0.4) is 0 Å². The summed E-state index contributed by atoms with van der Waals surface area (Å²) < 4.78 is 16.8. The smallest absolute Gasteiger partial charge is 0.306 e. The molecule has 0 aromatic heterocycles. The quantitative estimate of drug-likeness (QED) is 0.0261. The van der Waals surface area contributed by atoms with Crippen molar-refractivity contribution in [3.8, 4) is 0 Å². The summed E-state index contributed by atoms with van der Waals surface area (Å²) in [6.07, 6.45) is 80.9. The second-order valence-corrected chi connectivity index (χ2v) is 19.5. The molecule has 0 bridgehead atoms. The lowest BCUT2D eigenvalue weighted by molar-refractivity contribution is -0.166. The molecule has 0 radical (unpaired) electrons. The number of allylic oxidation sites excluding steroid dienone is 18. The first kappa shape index (κ1) is 68.1. The fourth-order valence-electron chi connectivity index (χ4n) is 8.02. The van der Waals surface area contributed by atoms with Gasteiger partial charge in [0.25, 0.3) is 0 Å². The van der Waals surface area contributed by atoms with Crippen LogP contribution in [0.4, 0.5) is 0 Å². The van der Waals surface area contributed by atoms with Gasteiger partial charge in [0, 0.05) is 19.3 Å². The molecule has 0 aliphatic carbocycles. The Labute approximate surface area is 444 Å². The van der Waals surface area contributed by atoms with Gasteiger partial charge >= 0.3 is 17.9 Å². The lowest BCUT2D eigenvalue weighted by Crippen LogP contribution is -2.30. The number of rotatable bonds is 53. The van der Waals surface area contributed by atoms with Gasteiger partial charge in [0.2, 0.25) is 0 Å². The van der Waals surface area contributed by atoms with E-state index in [0.29, 0.717) is 19.3 Å². The summed E-state index contributed by atoms with van der Waals surface area (Å²) in [7, 11) is 0. The molecule has 0 rings (SSSR count). The van der Waals surface area contributed by atoms with Crippen LogP contribution in [0, 0.1) is 0 Å². The van der Waals surface area contributed by atoms with Gasteiger partial charge in [-0.2, -0.15) is 0 Å². The highest BCUT2D eigenvalue weighted by molar-refractivity contribution is 5.71. The fraction of sp³-hybridized carbons (Fsp3) is 0.682. The molecule has 1 unspecified atom stereocenters. The first-order valence-corrected chi connectivity index (χ1v) is 29.9. The van der Waals surface area contributed by atoms with Gasteiger partial charge in [0.1, 0.15) is 13.2 Å². The third kappa shape index (κ3) is 57.0. The number of hydrogen-bond donors (Lipinski definition) is 0. The highest BCUT2D eigenvalue weighted by Gasteiger charge is 2.19. The maximum Gasteiger partial charge on any atom is 0.306 e. The Morgan fingerprint density at radius 1 is 0.292 bits per heavy atom. The molecule has 1 atom stereocenters. The van der Waals surface area contributed by atoms with E-state index >= 15 is 0 Å². The van der Waals surface area contributed by atoms with E-state index in [9.17, 15) is 14.4 Å². The van der Waals surface area contributed by atoms with Crippen molar-refractivity contribution in [2.45, 2.75) is 277 Å². The molecule has 0 saturated carbocycles. The standard InChI is InChI=1S/C66H110O6/c1-4-7-10-13-16-19-22-25-28-31-33-35-38-41-44-47-50-53-56-59-65(68)71-62-63(61-70-64(67)58-55-52-49-46-43-40-37-30-27-24-21-18-15-12-9-6-3)72-66(69)60-57-54-51-48-45-42-39-36-34-32-29-26-23-20-17-14-11-8-5-2/h7,10,16,19,21,24-26,28-30,33,35,37,41,44,50,53,63H,4-6,8-9,11-15,17-18,20,22-23,27,31-32,34,36,38-40,42-43,45-49,51-52,54-62H2,1-3H3/b10-7-,19-16-,24-21-,28-25-,29-26-,35-33-,37-30-,44-41-,53-50-. The molecule has 0 heterocycles. The lowest BCUT2D eigenvalue weighted by Gasteiger charge is -2.18. The molecule has 6 heteroatoms. The molecule has 0 N–H and O–H groups in total. The van der Waals surface area contributed by atoms with Gasteiger partial charge in [-0.05, 0) is 116 Å². The molecule has 0 aliphatic rings. The SMILES string of the molecule is CC/C=C\C/C=C\C/C=C\C/C=C\C/C=C\C/C=C\CCC(=O)OCC(COC(=O)CCCCCCC/C=C\C/C=C\CCCCCC)OC(=O)CCCCCCCCCCC/C=C\CCCCCCCC. The summed E-state index contributed by atoms with van der Waals surface area (Å²) in [5.74, 6) is -1.01. The van der Waals surface area contributed by atoms with E-state index in [1.165, 1.54) is 122 Å². The molecule has 0 aliphatic heterocycles. The minimum Gasteiger partial charge on any atom is -0.462 e. The summed E-state index contributed by atoms with van der Waals surface area (Å²) in [4.78, 5) is 38.2. The monoisotopic (exact) mass is 999 g/mol. The van der Waals surface area contributed by atoms with Gasteiger partial charge < -0.3 is 14.2 Å². The van der Waals surface area contributed by atoms with Crippen LogP contribution in [0.2, 0.25) is 0 Å². The van der Waals surface area contributed by atoms with Crippen molar-refractivity contribution in [2.24, 2.45) is 0 Å². The molecule has 410 valence electrons. The van der Waals surface area contributed by atoms with E-state index in [0.717, 1.165) is 103 Å². The Hall–Kier alpha value is -3.93. The van der Waals surface area contributed by atoms with Crippen molar-refractivity contribution in [1.82, 2.24) is 0 Å². The van der Waals surface area contributed by atoms with Gasteiger partial charge in [-0.3, -0.25) is 14.4 Å². The van der Waals surface area contributed by atoms with Crippen LogP contribution in [0.25, 0.3) is 0 Å². The van der Waals surface area contributed by atoms with Crippen LogP contribution in [0.15, 0.2) is 109 Å². The molecular weight excluding hydrogens is 889 g/mol. The first-order chi connectivity index (χ1) is 35.5. The molecule has 0 aromatic carbocycles. The van der Waals surface area contributed by atoms with Crippen molar-refractivity contribution < 1.29 is 28.6 Å². The molecule has 6 nitrogen and oxygen atoms in total. The van der Waals surface area contributed by atoms with Crippen molar-refractivity contribution in [2.75, 3.05) is 13.2 Å². The van der Waals surface area contributed by atoms with Crippen LogP contribution in [0.5, 0.6) is 0 Å². The Bertz CT molecular complexity index is 1470. The minimum absolute atomic E-state index is 0.110. The summed E-state index contributed by atoms with van der Waals surface area (Å²) >= 11 is 0. The van der Waals surface area contributed by atoms with Gasteiger partial charge in [-0.1, -0.05) is 246 Å². The van der Waals surface area contributed by atoms with E-state index in [2.05, 4.69) is 124 Å². The predicted octanol–water partition coefficient (Wildman–Crippen LogP) is 20.3. The van der Waals surface area contributed by atoms with Crippen LogP contribution < -0.4 is 0 Å². The van der Waals surface area contributed by atoms with Crippen molar-refractivity contribution >= 4 is 17.9 Å².